The van der Waals surface area contributed by atoms with E-state index < -0.39 is 5.97 Å². The van der Waals surface area contributed by atoms with Crippen molar-refractivity contribution in [2.75, 3.05) is 18.5 Å². The zero-order valence-corrected chi connectivity index (χ0v) is 15.4. The van der Waals surface area contributed by atoms with Crippen LogP contribution < -0.4 is 5.32 Å². The van der Waals surface area contributed by atoms with Crippen LogP contribution in [0.15, 0.2) is 42.5 Å². The molecule has 2 aromatic carbocycles. The summed E-state index contributed by atoms with van der Waals surface area (Å²) >= 11 is 0. The summed E-state index contributed by atoms with van der Waals surface area (Å²) in [5.74, 6) is -0.770. The van der Waals surface area contributed by atoms with Gasteiger partial charge in [-0.15, -0.1) is 0 Å². The Morgan fingerprint density at radius 3 is 2.28 bits per heavy atom. The molecule has 3 rings (SSSR count). The Morgan fingerprint density at radius 1 is 1.12 bits per heavy atom. The first kappa shape index (κ1) is 20.7. The lowest BCUT2D eigenvalue weighted by Crippen LogP contribution is -2.12. The van der Waals surface area contributed by atoms with E-state index in [1.54, 1.807) is 6.92 Å². The highest BCUT2D eigenvalue weighted by Gasteiger charge is 2.09. The molecular weight excluding hydrogens is 314 g/mol. The smallest absolute Gasteiger partial charge is 0.307 e. The Kier molecular flexibility index (Phi) is 9.33. The summed E-state index contributed by atoms with van der Waals surface area (Å²) in [6.45, 7) is 7.16. The quantitative estimate of drug-likeness (QED) is 0.771. The van der Waals surface area contributed by atoms with Gasteiger partial charge in [-0.3, -0.25) is 4.79 Å². The minimum Gasteiger partial charge on any atom is -0.481 e. The summed E-state index contributed by atoms with van der Waals surface area (Å²) in [5, 5.41) is 19.5. The van der Waals surface area contributed by atoms with Gasteiger partial charge in [-0.05, 0) is 50.8 Å². The van der Waals surface area contributed by atoms with Crippen LogP contribution in [0.1, 0.15) is 35.6 Å². The van der Waals surface area contributed by atoms with Crippen LogP contribution in [-0.2, 0) is 17.6 Å². The third kappa shape index (κ3) is 8.36. The number of benzene rings is 2. The van der Waals surface area contributed by atoms with Crippen molar-refractivity contribution in [1.82, 2.24) is 0 Å². The van der Waals surface area contributed by atoms with Crippen molar-refractivity contribution < 1.29 is 15.0 Å². The molecule has 0 amide bonds. The van der Waals surface area contributed by atoms with Gasteiger partial charge < -0.3 is 15.5 Å². The molecule has 0 unspecified atom stereocenters. The molecule has 3 N–H and O–H groups in total. The molecule has 25 heavy (non-hydrogen) atoms. The third-order valence-corrected chi connectivity index (χ3v) is 3.64. The molecule has 4 nitrogen and oxygen atoms in total. The number of aliphatic hydroxyl groups is 1. The number of nitrogens with one attached hydrogen (secondary N) is 1. The van der Waals surface area contributed by atoms with Crippen molar-refractivity contribution >= 4 is 11.7 Å². The van der Waals surface area contributed by atoms with E-state index in [1.165, 1.54) is 16.7 Å². The minimum absolute atomic E-state index is 0.118. The number of fused-ring (bicyclic) bond motifs is 1. The van der Waals surface area contributed by atoms with Gasteiger partial charge in [0.25, 0.3) is 0 Å². The predicted octanol–water partition coefficient (Wildman–Crippen LogP) is 3.97. The fourth-order valence-corrected chi connectivity index (χ4v) is 2.62. The Morgan fingerprint density at radius 2 is 1.76 bits per heavy atom. The molecule has 0 fully saturated rings. The molecule has 0 bridgehead atoms. The van der Waals surface area contributed by atoms with Crippen LogP contribution in [0.3, 0.4) is 0 Å². The summed E-state index contributed by atoms with van der Waals surface area (Å²) in [6.07, 6.45) is 2.30. The average Bonchev–Trinajstić information content (AvgIpc) is 2.55. The van der Waals surface area contributed by atoms with Crippen LogP contribution in [-0.4, -0.2) is 29.3 Å². The van der Waals surface area contributed by atoms with E-state index in [1.807, 2.05) is 18.2 Å². The van der Waals surface area contributed by atoms with Crippen LogP contribution in [0.5, 0.6) is 0 Å². The molecule has 1 aliphatic rings. The third-order valence-electron chi connectivity index (χ3n) is 3.64. The van der Waals surface area contributed by atoms with E-state index in [-0.39, 0.29) is 13.0 Å². The standard InChI is InChI=1S/C11H13NO2.C8H10.C2H6O/c13-11(14)7-8-3-4-10-9(6-8)2-1-5-12-10;1-7-4-3-5-8(2)6-7;1-2-3/h3-4,6,12H,1-2,5,7H2,(H,13,14);3-6H,1-2H3;3H,2H2,1H3. The molecule has 0 saturated carbocycles. The zero-order valence-electron chi connectivity index (χ0n) is 15.4. The zero-order chi connectivity index (χ0) is 18.7. The van der Waals surface area contributed by atoms with Gasteiger partial charge in [0.1, 0.15) is 0 Å². The van der Waals surface area contributed by atoms with Crippen LogP contribution in [0, 0.1) is 13.8 Å². The Hall–Kier alpha value is -2.33. The van der Waals surface area contributed by atoms with Crippen molar-refractivity contribution in [3.63, 3.8) is 0 Å². The SMILES string of the molecule is CCO.Cc1cccc(C)c1.O=C(O)Cc1ccc2c(c1)CCCN2. The molecule has 0 spiro atoms. The summed E-state index contributed by atoms with van der Waals surface area (Å²) in [6, 6.07) is 14.3. The van der Waals surface area contributed by atoms with E-state index in [2.05, 4.69) is 43.4 Å². The monoisotopic (exact) mass is 343 g/mol. The van der Waals surface area contributed by atoms with Gasteiger partial charge in [-0.25, -0.2) is 0 Å². The second kappa shape index (κ2) is 11.3. The van der Waals surface area contributed by atoms with Gasteiger partial charge in [0.15, 0.2) is 0 Å². The number of carboxylic acids is 1. The van der Waals surface area contributed by atoms with Gasteiger partial charge in [-0.2, -0.15) is 0 Å². The van der Waals surface area contributed by atoms with E-state index >= 15 is 0 Å². The van der Waals surface area contributed by atoms with Crippen molar-refractivity contribution in [3.05, 3.63) is 64.7 Å². The predicted molar refractivity (Wildman–Crippen MR) is 103 cm³/mol. The van der Waals surface area contributed by atoms with Gasteiger partial charge in [-0.1, -0.05) is 47.5 Å². The number of aliphatic hydroxyl groups excluding tert-OH is 1. The number of hydrogen-bond donors (Lipinski definition) is 3. The Labute approximate surface area is 150 Å². The molecular formula is C21H29NO3. The lowest BCUT2D eigenvalue weighted by Gasteiger charge is -2.18. The Bertz CT molecular complexity index is 651. The average molecular weight is 343 g/mol. The van der Waals surface area contributed by atoms with Crippen LogP contribution in [0.2, 0.25) is 0 Å². The molecule has 0 aliphatic carbocycles. The number of carboxylic acid groups (broad SMARTS) is 1. The number of aryl methyl sites for hydroxylation is 3. The molecule has 2 aromatic rings. The van der Waals surface area contributed by atoms with Crippen molar-refractivity contribution in [1.29, 1.82) is 0 Å². The number of carbonyl (C=O) groups is 1. The first-order valence-electron chi connectivity index (χ1n) is 8.67. The van der Waals surface area contributed by atoms with Gasteiger partial charge in [0.2, 0.25) is 0 Å². The molecule has 4 heteroatoms. The summed E-state index contributed by atoms with van der Waals surface area (Å²) in [5.41, 5.74) is 5.97. The Balaban J connectivity index is 0.000000241. The molecule has 0 saturated heterocycles. The minimum atomic E-state index is -0.770. The molecule has 0 aromatic heterocycles. The van der Waals surface area contributed by atoms with E-state index in [0.29, 0.717) is 0 Å². The molecule has 1 aliphatic heterocycles. The van der Waals surface area contributed by atoms with Crippen LogP contribution >= 0.6 is 0 Å². The largest absolute Gasteiger partial charge is 0.481 e. The van der Waals surface area contributed by atoms with Gasteiger partial charge in [0.05, 0.1) is 6.42 Å². The number of aliphatic carboxylic acids is 1. The second-order valence-corrected chi connectivity index (χ2v) is 6.07. The van der Waals surface area contributed by atoms with Gasteiger partial charge in [0, 0.05) is 18.8 Å². The van der Waals surface area contributed by atoms with E-state index in [0.717, 1.165) is 30.6 Å². The van der Waals surface area contributed by atoms with Crippen LogP contribution in [0.25, 0.3) is 0 Å². The fraction of sp³-hybridized carbons (Fsp3) is 0.381. The van der Waals surface area contributed by atoms with Crippen LogP contribution in [0.4, 0.5) is 5.69 Å². The first-order chi connectivity index (χ1) is 12.0. The molecule has 0 atom stereocenters. The van der Waals surface area contributed by atoms with E-state index in [4.69, 9.17) is 10.2 Å². The second-order valence-electron chi connectivity index (χ2n) is 6.07. The fourth-order valence-electron chi connectivity index (χ4n) is 2.62. The molecule has 1 heterocycles. The highest BCUT2D eigenvalue weighted by Crippen LogP contribution is 2.22. The first-order valence-corrected chi connectivity index (χ1v) is 8.67. The normalized spacial score (nSPS) is 11.7. The summed E-state index contributed by atoms with van der Waals surface area (Å²) in [7, 11) is 0. The topological polar surface area (TPSA) is 69.6 Å². The van der Waals surface area contributed by atoms with Gasteiger partial charge >= 0.3 is 5.97 Å². The maximum absolute atomic E-state index is 10.5. The van der Waals surface area contributed by atoms with Crippen molar-refractivity contribution in [2.24, 2.45) is 0 Å². The highest BCUT2D eigenvalue weighted by atomic mass is 16.4. The molecule has 0 radical (unpaired) electrons. The lowest BCUT2D eigenvalue weighted by molar-refractivity contribution is -0.136. The number of hydrogen-bond acceptors (Lipinski definition) is 3. The van der Waals surface area contributed by atoms with Crippen molar-refractivity contribution in [3.8, 4) is 0 Å². The maximum atomic E-state index is 10.5. The summed E-state index contributed by atoms with van der Waals surface area (Å²) in [4.78, 5) is 10.5. The molecule has 136 valence electrons. The number of anilines is 1. The lowest BCUT2D eigenvalue weighted by atomic mass is 10.00. The highest BCUT2D eigenvalue weighted by molar-refractivity contribution is 5.71. The number of rotatable bonds is 2. The van der Waals surface area contributed by atoms with E-state index in [9.17, 15) is 4.79 Å². The maximum Gasteiger partial charge on any atom is 0.307 e. The summed E-state index contributed by atoms with van der Waals surface area (Å²) < 4.78 is 0. The van der Waals surface area contributed by atoms with Crippen molar-refractivity contribution in [2.45, 2.75) is 40.0 Å².